The number of unbranched alkanes of at least 4 members (excludes halogenated alkanes) is 28. The van der Waals surface area contributed by atoms with E-state index >= 15 is 0 Å². The summed E-state index contributed by atoms with van der Waals surface area (Å²) >= 11 is 0. The molecule has 0 saturated carbocycles. The fourth-order valence-corrected chi connectivity index (χ4v) is 7.41. The first-order chi connectivity index (χ1) is 29.9. The lowest BCUT2D eigenvalue weighted by molar-refractivity contribution is -0.156. The van der Waals surface area contributed by atoms with Crippen molar-refractivity contribution in [3.8, 4) is 0 Å². The monoisotopic (exact) mass is 885 g/mol. The van der Waals surface area contributed by atoms with Crippen LogP contribution in [-0.4, -0.2) is 92.1 Å². The Morgan fingerprint density at radius 3 is 0.871 bits per heavy atom. The lowest BCUT2D eigenvalue weighted by Crippen LogP contribution is -2.33. The van der Waals surface area contributed by atoms with Crippen molar-refractivity contribution in [1.29, 1.82) is 0 Å². The summed E-state index contributed by atoms with van der Waals surface area (Å²) in [5.74, 6) is -6.42. The third-order valence-corrected chi connectivity index (χ3v) is 11.4. The highest BCUT2D eigenvalue weighted by Crippen LogP contribution is 2.23. The summed E-state index contributed by atoms with van der Waals surface area (Å²) in [5.41, 5.74) is 0. The van der Waals surface area contributed by atoms with Crippen molar-refractivity contribution in [1.82, 2.24) is 0 Å². The van der Waals surface area contributed by atoms with Crippen LogP contribution in [0.1, 0.15) is 219 Å². The first-order valence-corrected chi connectivity index (χ1v) is 24.3. The summed E-state index contributed by atoms with van der Waals surface area (Å²) in [6.07, 6.45) is 32.5. The van der Waals surface area contributed by atoms with Gasteiger partial charge in [0.15, 0.2) is 23.7 Å². The molecular formula is C48H84O14. The topological polar surface area (TPSA) is 227 Å². The summed E-state index contributed by atoms with van der Waals surface area (Å²) in [6.45, 7) is 3.68. The summed E-state index contributed by atoms with van der Waals surface area (Å²) in [7, 11) is 0. The molecule has 0 spiro atoms. The van der Waals surface area contributed by atoms with Gasteiger partial charge in [-0.2, -0.15) is 0 Å². The van der Waals surface area contributed by atoms with Crippen LogP contribution in [0.5, 0.6) is 0 Å². The van der Waals surface area contributed by atoms with E-state index in [1.807, 2.05) is 0 Å². The van der Waals surface area contributed by atoms with Gasteiger partial charge in [-0.3, -0.25) is 9.59 Å². The molecule has 14 heteroatoms. The molecule has 2 aliphatic heterocycles. The summed E-state index contributed by atoms with van der Waals surface area (Å²) in [5, 5.41) is 57.1. The Labute approximate surface area is 371 Å². The Morgan fingerprint density at radius 1 is 0.435 bits per heavy atom. The lowest BCUT2D eigenvalue weighted by Gasteiger charge is -2.17. The number of carbonyl (C=O) groups is 4. The van der Waals surface area contributed by atoms with E-state index in [2.05, 4.69) is 23.3 Å². The van der Waals surface area contributed by atoms with Gasteiger partial charge in [0.2, 0.25) is 11.5 Å². The van der Waals surface area contributed by atoms with Gasteiger partial charge in [0.05, 0.1) is 0 Å². The Hall–Kier alpha value is -3.52. The average Bonchev–Trinajstić information content (AvgIpc) is 3.68. The zero-order chi connectivity index (χ0) is 45.8. The number of hydrogen-bond acceptors (Lipinski definition) is 14. The highest BCUT2D eigenvalue weighted by atomic mass is 16.6. The van der Waals surface area contributed by atoms with Gasteiger partial charge in [0.25, 0.3) is 0 Å². The van der Waals surface area contributed by atoms with Crippen LogP contribution in [0.4, 0.5) is 0 Å². The van der Waals surface area contributed by atoms with Crippen LogP contribution in [0.2, 0.25) is 0 Å². The van der Waals surface area contributed by atoms with Crippen molar-refractivity contribution >= 4 is 23.9 Å². The second-order valence-electron chi connectivity index (χ2n) is 17.0. The van der Waals surface area contributed by atoms with E-state index < -0.39 is 84.5 Å². The maximum atomic E-state index is 11.8. The molecule has 0 aromatic carbocycles. The molecule has 2 aliphatic rings. The van der Waals surface area contributed by atoms with Crippen molar-refractivity contribution < 1.29 is 68.8 Å². The molecule has 0 radical (unpaired) electrons. The highest BCUT2D eigenvalue weighted by molar-refractivity contribution is 5.89. The Morgan fingerprint density at radius 2 is 0.661 bits per heavy atom. The Bertz CT molecular complexity index is 1280. The zero-order valence-electron chi connectivity index (χ0n) is 38.3. The molecule has 14 nitrogen and oxygen atoms in total. The van der Waals surface area contributed by atoms with E-state index in [4.69, 9.17) is 9.47 Å². The molecule has 0 bridgehead atoms. The van der Waals surface area contributed by atoms with Crippen LogP contribution < -0.4 is 0 Å². The Kier molecular flexibility index (Phi) is 33.6. The van der Waals surface area contributed by atoms with Crippen LogP contribution in [0.25, 0.3) is 0 Å². The SMILES string of the molecule is CCCCCCCCCCCCCCCC(=O)OC[C@H](O)[C@H]1OC(=O)C(O)=C1O.CCCCCCCCCCCCCCCCCCCC(=O)OCC(O)[C@H]1OC(=O)C(O)=C1O. The van der Waals surface area contributed by atoms with Crippen LogP contribution >= 0.6 is 0 Å². The predicted octanol–water partition coefficient (Wildman–Crippen LogP) is 10.8. The molecule has 360 valence electrons. The number of aliphatic hydroxyl groups is 6. The fourth-order valence-electron chi connectivity index (χ4n) is 7.41. The minimum atomic E-state index is -1.42. The molecule has 0 aliphatic carbocycles. The lowest BCUT2D eigenvalue weighted by atomic mass is 10.0. The molecule has 0 fully saturated rings. The maximum absolute atomic E-state index is 11.8. The largest absolute Gasteiger partial charge is 0.505 e. The van der Waals surface area contributed by atoms with E-state index in [0.29, 0.717) is 0 Å². The number of carbonyl (C=O) groups excluding carboxylic acids is 4. The molecule has 0 aromatic rings. The molecular weight excluding hydrogens is 801 g/mol. The van der Waals surface area contributed by atoms with E-state index in [0.717, 1.165) is 38.5 Å². The summed E-state index contributed by atoms with van der Waals surface area (Å²) in [6, 6.07) is 0. The number of rotatable bonds is 38. The van der Waals surface area contributed by atoms with Crippen molar-refractivity contribution in [2.45, 2.75) is 244 Å². The highest BCUT2D eigenvalue weighted by Gasteiger charge is 2.40. The second kappa shape index (κ2) is 36.9. The molecule has 0 aromatic heterocycles. The van der Waals surface area contributed by atoms with Gasteiger partial charge in [-0.05, 0) is 12.8 Å². The molecule has 4 atom stereocenters. The minimum Gasteiger partial charge on any atom is -0.505 e. The van der Waals surface area contributed by atoms with Gasteiger partial charge in [-0.25, -0.2) is 9.59 Å². The summed E-state index contributed by atoms with van der Waals surface area (Å²) in [4.78, 5) is 45.7. The number of ether oxygens (including phenoxy) is 4. The van der Waals surface area contributed by atoms with Crippen LogP contribution in [0.15, 0.2) is 23.0 Å². The van der Waals surface area contributed by atoms with Crippen LogP contribution in [0, 0.1) is 0 Å². The minimum absolute atomic E-state index is 0.266. The molecule has 62 heavy (non-hydrogen) atoms. The normalized spacial score (nSPS) is 17.1. The quantitative estimate of drug-likeness (QED) is 0.0193. The Balaban J connectivity index is 0.000000625. The predicted molar refractivity (Wildman–Crippen MR) is 237 cm³/mol. The van der Waals surface area contributed by atoms with Gasteiger partial charge < -0.3 is 49.6 Å². The van der Waals surface area contributed by atoms with Crippen LogP contribution in [0.3, 0.4) is 0 Å². The summed E-state index contributed by atoms with van der Waals surface area (Å²) < 4.78 is 19.1. The molecule has 2 heterocycles. The number of aliphatic hydroxyl groups excluding tert-OH is 6. The first kappa shape index (κ1) is 56.5. The molecule has 2 rings (SSSR count). The molecule has 0 amide bonds. The smallest absolute Gasteiger partial charge is 0.377 e. The number of hydrogen-bond donors (Lipinski definition) is 6. The van der Waals surface area contributed by atoms with E-state index in [1.165, 1.54) is 154 Å². The second-order valence-corrected chi connectivity index (χ2v) is 17.0. The standard InChI is InChI=1S/C26H46O7.C22H38O7/c1-2-3-4-5-6-7-8-9-10-11-12-13-14-15-16-17-18-19-22(28)32-20-21(27)25-23(29)24(30)26(31)33-25;1-2-3-4-5-6-7-8-9-10-11-12-13-14-15-18(24)28-16-17(23)21-19(25)20(26)22(27)29-21/h21,25,27,29-30H,2-20H2,1H3;17,21,23,25-26H,2-16H2,1H3/t21?,25-;17-,21+/m10/s1. The van der Waals surface area contributed by atoms with E-state index in [1.54, 1.807) is 0 Å². The zero-order valence-corrected chi connectivity index (χ0v) is 38.3. The molecule has 6 N–H and O–H groups in total. The third-order valence-electron chi connectivity index (χ3n) is 11.4. The third kappa shape index (κ3) is 26.8. The van der Waals surface area contributed by atoms with Crippen molar-refractivity contribution in [3.63, 3.8) is 0 Å². The van der Waals surface area contributed by atoms with Crippen molar-refractivity contribution in [2.75, 3.05) is 13.2 Å². The van der Waals surface area contributed by atoms with Crippen molar-refractivity contribution in [2.24, 2.45) is 0 Å². The van der Waals surface area contributed by atoms with E-state index in [-0.39, 0.29) is 12.8 Å². The van der Waals surface area contributed by atoms with Gasteiger partial charge in [-0.15, -0.1) is 0 Å². The average molecular weight is 885 g/mol. The van der Waals surface area contributed by atoms with Crippen molar-refractivity contribution in [3.05, 3.63) is 23.0 Å². The molecule has 0 saturated heterocycles. The van der Waals surface area contributed by atoms with Gasteiger partial charge in [0, 0.05) is 12.8 Å². The van der Waals surface area contributed by atoms with Gasteiger partial charge in [-0.1, -0.05) is 194 Å². The van der Waals surface area contributed by atoms with Crippen LogP contribution in [-0.2, 0) is 38.1 Å². The fraction of sp³-hybridized carbons (Fsp3) is 0.833. The number of esters is 4. The maximum Gasteiger partial charge on any atom is 0.377 e. The molecule has 1 unspecified atom stereocenters. The van der Waals surface area contributed by atoms with E-state index in [9.17, 15) is 49.8 Å². The first-order valence-electron chi connectivity index (χ1n) is 24.3. The number of cyclic esters (lactones) is 2. The van der Waals surface area contributed by atoms with Gasteiger partial charge in [0.1, 0.15) is 25.4 Å². The van der Waals surface area contributed by atoms with Gasteiger partial charge >= 0.3 is 23.9 Å².